The van der Waals surface area contributed by atoms with Gasteiger partial charge in [-0.3, -0.25) is 4.79 Å². The fourth-order valence-corrected chi connectivity index (χ4v) is 3.62. The standard InChI is InChI=1S/C22H21N7O3/c1-13(30)27-17-4-2-3-14(7-17)18-8-15-9-26-22(28-20(15)32-18)29-5-6-31-19(12-29)16-10-24-21(23)25-11-16/h2-4,7-11,19H,5-6,12H2,1H3,(H,27,30)(H2,23,24,25). The van der Waals surface area contributed by atoms with Crippen LogP contribution in [0.2, 0.25) is 0 Å². The van der Waals surface area contributed by atoms with E-state index in [9.17, 15) is 4.79 Å². The minimum absolute atomic E-state index is 0.128. The Hall–Kier alpha value is -4.05. The molecule has 0 aliphatic carbocycles. The highest BCUT2D eigenvalue weighted by Gasteiger charge is 2.25. The number of hydrogen-bond acceptors (Lipinski definition) is 9. The fourth-order valence-electron chi connectivity index (χ4n) is 3.62. The molecule has 5 rings (SSSR count). The molecule has 1 aromatic carbocycles. The van der Waals surface area contributed by atoms with Crippen molar-refractivity contribution in [2.75, 3.05) is 35.6 Å². The lowest BCUT2D eigenvalue weighted by atomic mass is 10.1. The minimum Gasteiger partial charge on any atom is -0.438 e. The average Bonchev–Trinajstić information content (AvgIpc) is 3.23. The second-order valence-corrected chi connectivity index (χ2v) is 7.48. The van der Waals surface area contributed by atoms with Crippen molar-refractivity contribution in [2.24, 2.45) is 0 Å². The van der Waals surface area contributed by atoms with Crippen LogP contribution in [0.25, 0.3) is 22.4 Å². The Balaban J connectivity index is 1.39. The Kier molecular flexibility index (Phi) is 5.12. The molecule has 4 heterocycles. The highest BCUT2D eigenvalue weighted by molar-refractivity contribution is 5.89. The van der Waals surface area contributed by atoms with Gasteiger partial charge >= 0.3 is 0 Å². The summed E-state index contributed by atoms with van der Waals surface area (Å²) in [5.41, 5.74) is 8.46. The van der Waals surface area contributed by atoms with Gasteiger partial charge in [-0.05, 0) is 18.2 Å². The van der Waals surface area contributed by atoms with Crippen molar-refractivity contribution in [3.05, 3.63) is 54.5 Å². The number of anilines is 3. The van der Waals surface area contributed by atoms with Crippen LogP contribution in [-0.2, 0) is 9.53 Å². The summed E-state index contributed by atoms with van der Waals surface area (Å²) in [7, 11) is 0. The van der Waals surface area contributed by atoms with Crippen LogP contribution < -0.4 is 16.0 Å². The van der Waals surface area contributed by atoms with Gasteiger partial charge in [0.2, 0.25) is 23.5 Å². The fraction of sp³-hybridized carbons (Fsp3) is 0.227. The molecule has 3 N–H and O–H groups in total. The maximum Gasteiger partial charge on any atom is 0.231 e. The van der Waals surface area contributed by atoms with E-state index in [0.29, 0.717) is 42.8 Å². The van der Waals surface area contributed by atoms with E-state index in [1.807, 2.05) is 35.2 Å². The molecule has 1 aliphatic heterocycles. The van der Waals surface area contributed by atoms with Crippen LogP contribution >= 0.6 is 0 Å². The molecule has 1 fully saturated rings. The van der Waals surface area contributed by atoms with Gasteiger partial charge in [-0.2, -0.15) is 4.98 Å². The summed E-state index contributed by atoms with van der Waals surface area (Å²) < 4.78 is 11.9. The van der Waals surface area contributed by atoms with Gasteiger partial charge in [-0.1, -0.05) is 12.1 Å². The van der Waals surface area contributed by atoms with E-state index in [1.165, 1.54) is 6.92 Å². The first kappa shape index (κ1) is 19.9. The number of nitrogen functional groups attached to an aromatic ring is 1. The van der Waals surface area contributed by atoms with Crippen LogP contribution in [0.1, 0.15) is 18.6 Å². The van der Waals surface area contributed by atoms with Crippen LogP contribution in [0, 0.1) is 0 Å². The minimum atomic E-state index is -0.202. The molecular formula is C22H21N7O3. The zero-order valence-electron chi connectivity index (χ0n) is 17.4. The van der Waals surface area contributed by atoms with E-state index in [4.69, 9.17) is 14.9 Å². The predicted molar refractivity (Wildman–Crippen MR) is 119 cm³/mol. The summed E-state index contributed by atoms with van der Waals surface area (Å²) >= 11 is 0. The lowest BCUT2D eigenvalue weighted by Crippen LogP contribution is -2.39. The molecule has 0 saturated carbocycles. The number of morpholine rings is 1. The van der Waals surface area contributed by atoms with E-state index in [1.54, 1.807) is 18.6 Å². The first-order valence-corrected chi connectivity index (χ1v) is 10.1. The topological polar surface area (TPSA) is 132 Å². The van der Waals surface area contributed by atoms with Crippen molar-refractivity contribution < 1.29 is 13.9 Å². The third kappa shape index (κ3) is 4.08. The molecule has 0 bridgehead atoms. The number of rotatable bonds is 4. The highest BCUT2D eigenvalue weighted by atomic mass is 16.5. The Bertz CT molecular complexity index is 1270. The van der Waals surface area contributed by atoms with Crippen molar-refractivity contribution in [2.45, 2.75) is 13.0 Å². The number of aromatic nitrogens is 4. The van der Waals surface area contributed by atoms with Gasteiger partial charge in [0, 0.05) is 48.9 Å². The largest absolute Gasteiger partial charge is 0.438 e. The summed E-state index contributed by atoms with van der Waals surface area (Å²) in [4.78, 5) is 30.6. The quantitative estimate of drug-likeness (QED) is 0.500. The summed E-state index contributed by atoms with van der Waals surface area (Å²) in [5, 5.41) is 3.58. The molecule has 1 atom stereocenters. The number of furan rings is 1. The predicted octanol–water partition coefficient (Wildman–Crippen LogP) is 2.80. The smallest absolute Gasteiger partial charge is 0.231 e. The van der Waals surface area contributed by atoms with Crippen LogP contribution in [-0.4, -0.2) is 45.5 Å². The molecule has 162 valence electrons. The Morgan fingerprint density at radius 2 is 2.03 bits per heavy atom. The molecule has 4 aromatic rings. The first-order valence-electron chi connectivity index (χ1n) is 10.1. The van der Waals surface area contributed by atoms with E-state index in [-0.39, 0.29) is 18.0 Å². The number of nitrogens with two attached hydrogens (primary N) is 1. The van der Waals surface area contributed by atoms with Crippen LogP contribution in [0.5, 0.6) is 0 Å². The second kappa shape index (κ2) is 8.23. The van der Waals surface area contributed by atoms with Crippen LogP contribution in [0.3, 0.4) is 0 Å². The monoisotopic (exact) mass is 431 g/mol. The number of ether oxygens (including phenoxy) is 1. The first-order chi connectivity index (χ1) is 15.5. The lowest BCUT2D eigenvalue weighted by molar-refractivity contribution is -0.114. The number of hydrogen-bond donors (Lipinski definition) is 2. The molecule has 0 spiro atoms. The number of amides is 1. The van der Waals surface area contributed by atoms with Crippen LogP contribution in [0.4, 0.5) is 17.6 Å². The van der Waals surface area contributed by atoms with E-state index < -0.39 is 0 Å². The second-order valence-electron chi connectivity index (χ2n) is 7.48. The Labute approximate surface area is 183 Å². The third-order valence-electron chi connectivity index (χ3n) is 5.14. The summed E-state index contributed by atoms with van der Waals surface area (Å²) in [6.07, 6.45) is 4.90. The molecule has 10 nitrogen and oxygen atoms in total. The molecule has 3 aromatic heterocycles. The molecule has 10 heteroatoms. The van der Waals surface area contributed by atoms with Gasteiger partial charge in [0.05, 0.1) is 18.5 Å². The van der Waals surface area contributed by atoms with Gasteiger partial charge in [0.1, 0.15) is 11.9 Å². The van der Waals surface area contributed by atoms with Gasteiger partial charge in [-0.15, -0.1) is 0 Å². The van der Waals surface area contributed by atoms with Crippen molar-refractivity contribution in [1.82, 2.24) is 19.9 Å². The number of carbonyl (C=O) groups excluding carboxylic acids is 1. The number of fused-ring (bicyclic) bond motifs is 1. The van der Waals surface area contributed by atoms with Gasteiger partial charge in [0.15, 0.2) is 0 Å². The molecule has 32 heavy (non-hydrogen) atoms. The number of nitrogens with zero attached hydrogens (tertiary/aromatic N) is 5. The van der Waals surface area contributed by atoms with Gasteiger partial charge in [-0.25, -0.2) is 15.0 Å². The summed E-state index contributed by atoms with van der Waals surface area (Å²) in [5.74, 6) is 1.32. The SMILES string of the molecule is CC(=O)Nc1cccc(-c2cc3cnc(N4CCOC(c5cnc(N)nc5)C4)nc3o2)c1. The van der Waals surface area contributed by atoms with Crippen molar-refractivity contribution in [3.63, 3.8) is 0 Å². The number of carbonyl (C=O) groups is 1. The van der Waals surface area contributed by atoms with Crippen molar-refractivity contribution in [3.8, 4) is 11.3 Å². The lowest BCUT2D eigenvalue weighted by Gasteiger charge is -2.32. The van der Waals surface area contributed by atoms with E-state index in [2.05, 4.69) is 25.3 Å². The summed E-state index contributed by atoms with van der Waals surface area (Å²) in [6, 6.07) is 9.35. The zero-order valence-corrected chi connectivity index (χ0v) is 17.4. The molecule has 0 radical (unpaired) electrons. The normalized spacial score (nSPS) is 16.3. The maximum absolute atomic E-state index is 11.3. The van der Waals surface area contributed by atoms with Gasteiger partial charge in [0.25, 0.3) is 0 Å². The average molecular weight is 431 g/mol. The van der Waals surface area contributed by atoms with Crippen LogP contribution in [0.15, 0.2) is 53.3 Å². The summed E-state index contributed by atoms with van der Waals surface area (Å²) in [6.45, 7) is 3.21. The molecule has 1 amide bonds. The number of nitrogens with one attached hydrogen (secondary N) is 1. The zero-order chi connectivity index (χ0) is 22.1. The molecular weight excluding hydrogens is 410 g/mol. The Morgan fingerprint density at radius 3 is 2.84 bits per heavy atom. The molecule has 1 unspecified atom stereocenters. The number of benzene rings is 1. The van der Waals surface area contributed by atoms with E-state index in [0.717, 1.165) is 16.5 Å². The van der Waals surface area contributed by atoms with Gasteiger partial charge < -0.3 is 25.1 Å². The molecule has 1 saturated heterocycles. The third-order valence-corrected chi connectivity index (χ3v) is 5.14. The molecule has 1 aliphatic rings. The van der Waals surface area contributed by atoms with E-state index >= 15 is 0 Å². The Morgan fingerprint density at radius 1 is 1.19 bits per heavy atom. The maximum atomic E-state index is 11.3. The van der Waals surface area contributed by atoms with Crippen molar-refractivity contribution >= 4 is 34.6 Å². The van der Waals surface area contributed by atoms with Crippen molar-refractivity contribution in [1.29, 1.82) is 0 Å². The highest BCUT2D eigenvalue weighted by Crippen LogP contribution is 2.30.